The van der Waals surface area contributed by atoms with Crippen LogP contribution in [0.3, 0.4) is 0 Å². The van der Waals surface area contributed by atoms with E-state index >= 15 is 0 Å². The number of hydrogen-bond acceptors (Lipinski definition) is 6. The van der Waals surface area contributed by atoms with Crippen LogP contribution in [0.2, 0.25) is 0 Å². The lowest BCUT2D eigenvalue weighted by molar-refractivity contribution is 0.0987. The van der Waals surface area contributed by atoms with Crippen LogP contribution in [-0.4, -0.2) is 46.1 Å². The average Bonchev–Trinajstić information content (AvgIpc) is 2.77. The molecule has 0 saturated carbocycles. The highest BCUT2D eigenvalue weighted by atomic mass is 19.1. The summed E-state index contributed by atoms with van der Waals surface area (Å²) in [5.41, 5.74) is 7.32. The Balaban J connectivity index is 1.60. The molecule has 1 fully saturated rings. The minimum Gasteiger partial charge on any atom is -0.391 e. The van der Waals surface area contributed by atoms with Gasteiger partial charge in [-0.25, -0.2) is 13.8 Å². The molecule has 2 atom stereocenters. The van der Waals surface area contributed by atoms with Crippen molar-refractivity contribution in [1.82, 2.24) is 9.97 Å². The fourth-order valence-electron chi connectivity index (χ4n) is 3.76. The van der Waals surface area contributed by atoms with Gasteiger partial charge >= 0.3 is 0 Å². The number of nitrogens with two attached hydrogens (primary N) is 1. The molecule has 31 heavy (non-hydrogen) atoms. The van der Waals surface area contributed by atoms with Gasteiger partial charge < -0.3 is 15.7 Å². The van der Waals surface area contributed by atoms with Crippen LogP contribution in [0.4, 0.5) is 14.5 Å². The minimum atomic E-state index is -0.704. The first kappa shape index (κ1) is 21.0. The molecule has 0 amide bonds. The van der Waals surface area contributed by atoms with Crippen LogP contribution in [0.5, 0.6) is 0 Å². The number of anilines is 1. The Morgan fingerprint density at radius 2 is 1.97 bits per heavy atom. The Morgan fingerprint density at radius 3 is 2.74 bits per heavy atom. The number of halogens is 2. The van der Waals surface area contributed by atoms with Gasteiger partial charge in [0.1, 0.15) is 23.0 Å². The monoisotopic (exact) mass is 424 g/mol. The molecular formula is C23H22F2N4O2. The van der Waals surface area contributed by atoms with Crippen LogP contribution in [0.25, 0.3) is 11.3 Å². The number of nitrogens with zero attached hydrogens (tertiary/aromatic N) is 3. The maximum Gasteiger partial charge on any atom is 0.185 e. The van der Waals surface area contributed by atoms with Crippen LogP contribution in [0.1, 0.15) is 22.5 Å². The molecule has 1 aromatic carbocycles. The molecule has 1 aliphatic heterocycles. The summed E-state index contributed by atoms with van der Waals surface area (Å²) in [6.45, 7) is 1.06. The number of benzene rings is 1. The minimum absolute atomic E-state index is 0.00224. The van der Waals surface area contributed by atoms with Gasteiger partial charge in [-0.3, -0.25) is 9.78 Å². The number of Topliss-reactive ketones (excluding diaryl/α,β-unsaturated/α-hetero) is 1. The number of piperidine rings is 1. The van der Waals surface area contributed by atoms with Crippen molar-refractivity contribution >= 4 is 11.5 Å². The Hall–Kier alpha value is -3.23. The molecule has 6 nitrogen and oxygen atoms in total. The summed E-state index contributed by atoms with van der Waals surface area (Å²) in [5.74, 6) is -1.66. The molecule has 0 unspecified atom stereocenters. The molecule has 0 bridgehead atoms. The summed E-state index contributed by atoms with van der Waals surface area (Å²) in [4.78, 5) is 23.2. The smallest absolute Gasteiger partial charge is 0.185 e. The van der Waals surface area contributed by atoms with E-state index in [2.05, 4.69) is 9.97 Å². The number of hydrogen-bond donors (Lipinski definition) is 2. The summed E-state index contributed by atoms with van der Waals surface area (Å²) in [5, 5.41) is 9.88. The highest BCUT2D eigenvalue weighted by Gasteiger charge is 2.26. The average molecular weight is 424 g/mol. The summed E-state index contributed by atoms with van der Waals surface area (Å²) in [7, 11) is 0. The van der Waals surface area contributed by atoms with Gasteiger partial charge in [0.05, 0.1) is 6.10 Å². The maximum atomic E-state index is 14.3. The zero-order chi connectivity index (χ0) is 22.0. The molecule has 160 valence electrons. The van der Waals surface area contributed by atoms with Crippen molar-refractivity contribution in [3.05, 3.63) is 77.8 Å². The zero-order valence-electron chi connectivity index (χ0n) is 16.7. The second-order valence-corrected chi connectivity index (χ2v) is 7.58. The number of carbonyl (C=O) groups is 1. The summed E-state index contributed by atoms with van der Waals surface area (Å²) >= 11 is 0. The predicted molar refractivity (Wildman–Crippen MR) is 113 cm³/mol. The normalized spacial score (nSPS) is 18.8. The largest absolute Gasteiger partial charge is 0.391 e. The van der Waals surface area contributed by atoms with E-state index in [4.69, 9.17) is 5.73 Å². The van der Waals surface area contributed by atoms with Gasteiger partial charge in [-0.05, 0) is 36.8 Å². The van der Waals surface area contributed by atoms with Crippen molar-refractivity contribution in [3.8, 4) is 11.3 Å². The van der Waals surface area contributed by atoms with E-state index in [0.717, 1.165) is 11.8 Å². The van der Waals surface area contributed by atoms with E-state index < -0.39 is 17.7 Å². The maximum absolute atomic E-state index is 14.3. The first-order valence-electron chi connectivity index (χ1n) is 10.00. The van der Waals surface area contributed by atoms with Crippen molar-refractivity contribution in [2.45, 2.75) is 25.0 Å². The lowest BCUT2D eigenvalue weighted by Gasteiger charge is -2.36. The van der Waals surface area contributed by atoms with Crippen molar-refractivity contribution in [1.29, 1.82) is 0 Å². The fraction of sp³-hybridized carbons (Fsp3) is 0.261. The van der Waals surface area contributed by atoms with Crippen molar-refractivity contribution in [3.63, 3.8) is 0 Å². The lowest BCUT2D eigenvalue weighted by Crippen LogP contribution is -2.51. The number of aliphatic hydroxyl groups is 1. The standard InChI is InChI=1S/C23H22F2N4O2/c24-16-4-2-1-3-15(16)23-17(25)5-6-19(28-23)22(31)11-14-12-27-9-7-20(14)29-10-8-21(30)18(26)13-29/h1-7,9,12,18,21,30H,8,10-11,13,26H2/t18-,21-/m1/s1. The molecule has 0 spiro atoms. The second kappa shape index (κ2) is 8.87. The van der Waals surface area contributed by atoms with E-state index in [1.54, 1.807) is 24.5 Å². The predicted octanol–water partition coefficient (Wildman–Crippen LogP) is 2.75. The summed E-state index contributed by atoms with van der Waals surface area (Å²) in [6, 6.07) is 9.55. The molecule has 0 radical (unpaired) electrons. The summed E-state index contributed by atoms with van der Waals surface area (Å²) < 4.78 is 28.4. The van der Waals surface area contributed by atoms with Crippen LogP contribution in [-0.2, 0) is 6.42 Å². The molecule has 4 rings (SSSR count). The van der Waals surface area contributed by atoms with Crippen LogP contribution >= 0.6 is 0 Å². The lowest BCUT2D eigenvalue weighted by atomic mass is 10.00. The molecule has 0 aliphatic carbocycles. The van der Waals surface area contributed by atoms with E-state index in [1.807, 2.05) is 4.90 Å². The van der Waals surface area contributed by atoms with Gasteiger partial charge in [-0.15, -0.1) is 0 Å². The second-order valence-electron chi connectivity index (χ2n) is 7.58. The van der Waals surface area contributed by atoms with Crippen molar-refractivity contribution < 1.29 is 18.7 Å². The number of pyridine rings is 2. The van der Waals surface area contributed by atoms with E-state index in [-0.39, 0.29) is 35.2 Å². The molecular weight excluding hydrogens is 402 g/mol. The quantitative estimate of drug-likeness (QED) is 0.612. The number of aliphatic hydroxyl groups excluding tert-OH is 1. The molecule has 3 N–H and O–H groups in total. The highest BCUT2D eigenvalue weighted by molar-refractivity contribution is 5.97. The van der Waals surface area contributed by atoms with Gasteiger partial charge in [-0.2, -0.15) is 0 Å². The molecule has 1 aliphatic rings. The number of ketones is 1. The van der Waals surface area contributed by atoms with Gasteiger partial charge in [0.2, 0.25) is 0 Å². The number of aromatic nitrogens is 2. The molecule has 1 saturated heterocycles. The van der Waals surface area contributed by atoms with Crippen LogP contribution < -0.4 is 10.6 Å². The molecule has 2 aromatic heterocycles. The molecule has 8 heteroatoms. The van der Waals surface area contributed by atoms with Crippen molar-refractivity contribution in [2.75, 3.05) is 18.0 Å². The number of rotatable bonds is 5. The Bertz CT molecular complexity index is 1110. The van der Waals surface area contributed by atoms with Crippen LogP contribution in [0.15, 0.2) is 54.9 Å². The van der Waals surface area contributed by atoms with E-state index in [1.165, 1.54) is 24.3 Å². The highest BCUT2D eigenvalue weighted by Crippen LogP contribution is 2.26. The topological polar surface area (TPSA) is 92.3 Å². The first-order valence-corrected chi connectivity index (χ1v) is 10.00. The zero-order valence-corrected chi connectivity index (χ0v) is 16.7. The third kappa shape index (κ3) is 4.45. The van der Waals surface area contributed by atoms with Gasteiger partial charge in [0.25, 0.3) is 0 Å². The van der Waals surface area contributed by atoms with Crippen molar-refractivity contribution in [2.24, 2.45) is 5.73 Å². The van der Waals surface area contributed by atoms with E-state index in [9.17, 15) is 18.7 Å². The van der Waals surface area contributed by atoms with Crippen LogP contribution in [0, 0.1) is 11.6 Å². The Kier molecular flexibility index (Phi) is 6.01. The Morgan fingerprint density at radius 1 is 1.16 bits per heavy atom. The van der Waals surface area contributed by atoms with Gasteiger partial charge in [0, 0.05) is 54.8 Å². The fourth-order valence-corrected chi connectivity index (χ4v) is 3.76. The summed E-state index contributed by atoms with van der Waals surface area (Å²) in [6.07, 6.45) is 3.20. The third-order valence-electron chi connectivity index (χ3n) is 5.45. The van der Waals surface area contributed by atoms with E-state index in [0.29, 0.717) is 25.1 Å². The third-order valence-corrected chi connectivity index (χ3v) is 5.45. The Labute approximate surface area is 178 Å². The molecule has 3 aromatic rings. The van der Waals surface area contributed by atoms with Gasteiger partial charge in [-0.1, -0.05) is 12.1 Å². The number of carbonyl (C=O) groups excluding carboxylic acids is 1. The first-order chi connectivity index (χ1) is 14.9. The molecule has 3 heterocycles. The SMILES string of the molecule is N[C@@H]1CN(c2ccncc2CC(=O)c2ccc(F)c(-c3ccccc3F)n2)CC[C@H]1O. The van der Waals surface area contributed by atoms with Gasteiger partial charge in [0.15, 0.2) is 5.78 Å².